The number of hydrogen-bond donors (Lipinski definition) is 0. The number of aromatic nitrogens is 3. The minimum atomic E-state index is -1.02. The molecule has 5 heterocycles. The summed E-state index contributed by atoms with van der Waals surface area (Å²) in [5.74, 6) is -1.09. The van der Waals surface area contributed by atoms with Gasteiger partial charge in [0.25, 0.3) is 0 Å². The molecule has 6 rings (SSSR count). The topological polar surface area (TPSA) is 107 Å². The third-order valence-electron chi connectivity index (χ3n) is 7.83. The van der Waals surface area contributed by atoms with Gasteiger partial charge in [-0.05, 0) is 46.5 Å². The van der Waals surface area contributed by atoms with E-state index in [4.69, 9.17) is 4.74 Å². The van der Waals surface area contributed by atoms with Crippen molar-refractivity contribution in [3.05, 3.63) is 92.0 Å². The molecule has 0 amide bonds. The summed E-state index contributed by atoms with van der Waals surface area (Å²) in [6.45, 7) is 2.74. The van der Waals surface area contributed by atoms with E-state index in [1.165, 1.54) is 24.0 Å². The lowest BCUT2D eigenvalue weighted by molar-refractivity contribution is -0.389. The fraction of sp³-hybridized carbons (Fsp3) is 0.345. The van der Waals surface area contributed by atoms with E-state index in [1.807, 2.05) is 16.7 Å². The van der Waals surface area contributed by atoms with Crippen molar-refractivity contribution in [2.45, 2.75) is 43.4 Å². The molecule has 0 saturated carbocycles. The van der Waals surface area contributed by atoms with Crippen LogP contribution in [0.5, 0.6) is 5.88 Å². The molecule has 0 bridgehead atoms. The lowest BCUT2D eigenvalue weighted by Crippen LogP contribution is -2.48. The van der Waals surface area contributed by atoms with E-state index in [1.54, 1.807) is 25.6 Å². The van der Waals surface area contributed by atoms with Crippen LogP contribution in [-0.2, 0) is 19.6 Å². The van der Waals surface area contributed by atoms with Crippen molar-refractivity contribution in [3.63, 3.8) is 0 Å². The zero-order valence-corrected chi connectivity index (χ0v) is 23.6. The fourth-order valence-corrected chi connectivity index (χ4v) is 6.87. The van der Waals surface area contributed by atoms with Gasteiger partial charge in [0.05, 0.1) is 28.6 Å². The molecule has 2 aliphatic rings. The van der Waals surface area contributed by atoms with Crippen LogP contribution in [0.2, 0.25) is 0 Å². The Labute approximate surface area is 244 Å². The van der Waals surface area contributed by atoms with E-state index in [2.05, 4.69) is 19.8 Å². The van der Waals surface area contributed by atoms with Gasteiger partial charge in [0, 0.05) is 74.6 Å². The second-order valence-corrected chi connectivity index (χ2v) is 11.5. The van der Waals surface area contributed by atoms with E-state index >= 15 is 0 Å². The summed E-state index contributed by atoms with van der Waals surface area (Å²) in [5, 5.41) is 11.3. The summed E-state index contributed by atoms with van der Waals surface area (Å²) >= 11 is 1.23. The molecule has 0 spiro atoms. The van der Waals surface area contributed by atoms with Gasteiger partial charge < -0.3 is 24.3 Å². The molecule has 42 heavy (non-hydrogen) atoms. The smallest absolute Gasteiger partial charge is 0.363 e. The first-order valence-corrected chi connectivity index (χ1v) is 14.6. The monoisotopic (exact) mass is 594 g/mol. The summed E-state index contributed by atoms with van der Waals surface area (Å²) in [4.78, 5) is 37.0. The number of piperidine rings is 1. The first kappa shape index (κ1) is 28.0. The predicted molar refractivity (Wildman–Crippen MR) is 155 cm³/mol. The van der Waals surface area contributed by atoms with Gasteiger partial charge in [0.2, 0.25) is 5.88 Å². The summed E-state index contributed by atoms with van der Waals surface area (Å²) in [6, 6.07) is 7.89. The van der Waals surface area contributed by atoms with Crippen LogP contribution in [0.25, 0.3) is 10.9 Å². The van der Waals surface area contributed by atoms with Crippen LogP contribution >= 0.6 is 11.8 Å². The van der Waals surface area contributed by atoms with E-state index < -0.39 is 16.6 Å². The number of ether oxygens (including phenoxy) is 1. The third kappa shape index (κ3) is 5.41. The third-order valence-corrected chi connectivity index (χ3v) is 8.88. The molecule has 0 aliphatic carbocycles. The van der Waals surface area contributed by atoms with Crippen LogP contribution in [0.1, 0.15) is 24.0 Å². The number of hydrogen-bond acceptors (Lipinski definition) is 9. The molecule has 13 heteroatoms. The van der Waals surface area contributed by atoms with E-state index in [9.17, 15) is 23.7 Å². The van der Waals surface area contributed by atoms with Gasteiger partial charge in [-0.1, -0.05) is 0 Å². The molecule has 0 N–H and O–H groups in total. The number of halogens is 2. The first-order chi connectivity index (χ1) is 20.3. The molecular formula is C29H28F2N6O4S. The highest BCUT2D eigenvalue weighted by Crippen LogP contribution is 2.35. The van der Waals surface area contributed by atoms with Crippen molar-refractivity contribution in [3.8, 4) is 5.88 Å². The van der Waals surface area contributed by atoms with Crippen LogP contribution < -0.4 is 15.1 Å². The molecule has 1 saturated heterocycles. The standard InChI is InChI=1S/C29H28F2N6O4S/c1-41-25-11-18(6-7-32-25)14-36(21-3-2-8-34(17-21)20-4-5-24(33-13-20)37(39)40)16-19-15-35-9-10-42-29-26(31)23(30)12-22(27(29)35)28(19)38/h4-7,11-13,15,21H,2-3,8-10,14,16-17H2,1H3/t21-/m0/s1. The SMILES string of the molecule is COc1cc(CN(Cc2cn3c4c(c(F)c(F)cc4c2=O)SCC3)[C@H]2CCCN(c3ccc([N+](=O)[O-])nc3)C2)ccn1. The molecule has 0 radical (unpaired) electrons. The molecule has 1 fully saturated rings. The molecule has 3 aromatic heterocycles. The highest BCUT2D eigenvalue weighted by Gasteiger charge is 2.29. The summed E-state index contributed by atoms with van der Waals surface area (Å²) in [7, 11) is 1.55. The Morgan fingerprint density at radius 3 is 2.81 bits per heavy atom. The van der Waals surface area contributed by atoms with Gasteiger partial charge in [-0.25, -0.2) is 13.8 Å². The highest BCUT2D eigenvalue weighted by atomic mass is 32.2. The molecule has 0 unspecified atom stereocenters. The second-order valence-electron chi connectivity index (χ2n) is 10.4. The molecule has 218 valence electrons. The number of methoxy groups -OCH3 is 1. The largest absolute Gasteiger partial charge is 0.481 e. The Morgan fingerprint density at radius 1 is 1.19 bits per heavy atom. The van der Waals surface area contributed by atoms with E-state index in [-0.39, 0.29) is 34.1 Å². The Hall–Kier alpha value is -4.10. The molecular weight excluding hydrogens is 566 g/mol. The highest BCUT2D eigenvalue weighted by molar-refractivity contribution is 7.99. The van der Waals surface area contributed by atoms with Crippen molar-refractivity contribution >= 4 is 34.2 Å². The number of pyridine rings is 3. The average molecular weight is 595 g/mol. The fourth-order valence-electron chi connectivity index (χ4n) is 5.79. The van der Waals surface area contributed by atoms with Crippen LogP contribution in [-0.4, -0.2) is 56.4 Å². The van der Waals surface area contributed by atoms with Crippen molar-refractivity contribution < 1.29 is 18.4 Å². The van der Waals surface area contributed by atoms with Crippen LogP contribution in [0.15, 0.2) is 58.6 Å². The summed E-state index contributed by atoms with van der Waals surface area (Å²) in [6.07, 6.45) is 6.70. The van der Waals surface area contributed by atoms with Crippen molar-refractivity contribution in [2.75, 3.05) is 30.9 Å². The molecule has 4 aromatic rings. The minimum absolute atomic E-state index is 0.0145. The first-order valence-electron chi connectivity index (χ1n) is 13.6. The van der Waals surface area contributed by atoms with Crippen LogP contribution in [0.3, 0.4) is 0 Å². The maximum atomic E-state index is 14.6. The Morgan fingerprint density at radius 2 is 2.05 bits per heavy atom. The maximum absolute atomic E-state index is 14.6. The number of aryl methyl sites for hydroxylation is 1. The Kier molecular flexibility index (Phi) is 7.78. The zero-order valence-electron chi connectivity index (χ0n) is 22.8. The lowest BCUT2D eigenvalue weighted by atomic mass is 10.0. The number of nitrogens with zero attached hydrogens (tertiary/aromatic N) is 6. The summed E-state index contributed by atoms with van der Waals surface area (Å²) in [5.41, 5.74) is 2.37. The normalized spacial score (nSPS) is 16.7. The number of thioether (sulfide) groups is 1. The van der Waals surface area contributed by atoms with E-state index in [0.717, 1.165) is 36.7 Å². The van der Waals surface area contributed by atoms with Crippen molar-refractivity contribution in [1.82, 2.24) is 19.4 Å². The van der Waals surface area contributed by atoms with Gasteiger partial charge in [0.15, 0.2) is 23.3 Å². The van der Waals surface area contributed by atoms with Gasteiger partial charge in [-0.3, -0.25) is 9.69 Å². The quantitative estimate of drug-likeness (QED) is 0.211. The Bertz CT molecular complexity index is 1720. The zero-order chi connectivity index (χ0) is 29.4. The Balaban J connectivity index is 1.36. The molecule has 2 aliphatic heterocycles. The minimum Gasteiger partial charge on any atom is -0.481 e. The number of rotatable bonds is 8. The molecule has 10 nitrogen and oxygen atoms in total. The van der Waals surface area contributed by atoms with Gasteiger partial charge in [-0.2, -0.15) is 0 Å². The summed E-state index contributed by atoms with van der Waals surface area (Å²) < 4.78 is 36.3. The maximum Gasteiger partial charge on any atom is 0.363 e. The van der Waals surface area contributed by atoms with Gasteiger partial charge in [0.1, 0.15) is 0 Å². The second kappa shape index (κ2) is 11.6. The number of nitro groups is 1. The number of anilines is 1. The average Bonchev–Trinajstić information content (AvgIpc) is 3.01. The van der Waals surface area contributed by atoms with Gasteiger partial charge >= 0.3 is 5.82 Å². The number of benzene rings is 1. The molecule has 1 aromatic carbocycles. The van der Waals surface area contributed by atoms with E-state index in [0.29, 0.717) is 42.3 Å². The predicted octanol–water partition coefficient (Wildman–Crippen LogP) is 4.76. The van der Waals surface area contributed by atoms with Crippen molar-refractivity contribution in [2.24, 2.45) is 0 Å². The van der Waals surface area contributed by atoms with Gasteiger partial charge in [-0.15, -0.1) is 11.8 Å². The van der Waals surface area contributed by atoms with Crippen LogP contribution in [0.4, 0.5) is 20.3 Å². The molecule has 1 atom stereocenters. The lowest BCUT2D eigenvalue weighted by Gasteiger charge is -2.40. The van der Waals surface area contributed by atoms with Crippen LogP contribution in [0, 0.1) is 21.7 Å². The van der Waals surface area contributed by atoms with Crippen molar-refractivity contribution in [1.29, 1.82) is 0 Å².